The van der Waals surface area contributed by atoms with Crippen LogP contribution < -0.4 is 15.6 Å². The van der Waals surface area contributed by atoms with Crippen LogP contribution in [0.5, 0.6) is 5.75 Å². The summed E-state index contributed by atoms with van der Waals surface area (Å²) in [5.74, 6) is 0.942. The van der Waals surface area contributed by atoms with E-state index in [1.807, 2.05) is 12.1 Å². The van der Waals surface area contributed by atoms with Crippen molar-refractivity contribution in [2.24, 2.45) is 0 Å². The number of hydrogen-bond donors (Lipinski definition) is 2. The molecule has 0 bridgehead atoms. The average Bonchev–Trinajstić information content (AvgIpc) is 2.72. The van der Waals surface area contributed by atoms with Gasteiger partial charge in [0.05, 0.1) is 6.61 Å². The molecule has 1 aromatic carbocycles. The van der Waals surface area contributed by atoms with Crippen molar-refractivity contribution in [3.63, 3.8) is 0 Å². The van der Waals surface area contributed by atoms with Crippen molar-refractivity contribution in [2.45, 2.75) is 117 Å². The van der Waals surface area contributed by atoms with Crippen molar-refractivity contribution in [1.82, 2.24) is 5.43 Å². The van der Waals surface area contributed by atoms with E-state index < -0.39 is 0 Å². The minimum Gasteiger partial charge on any atom is -0.494 e. The van der Waals surface area contributed by atoms with Gasteiger partial charge < -0.3 is 10.2 Å². The molecule has 0 spiro atoms. The smallest absolute Gasteiger partial charge is 0.119 e. The molecule has 28 heavy (non-hydrogen) atoms. The van der Waals surface area contributed by atoms with E-state index in [9.17, 15) is 0 Å². The molecule has 0 fully saturated rings. The fourth-order valence-electron chi connectivity index (χ4n) is 3.42. The van der Waals surface area contributed by atoms with Crippen molar-refractivity contribution >= 4 is 5.69 Å². The molecular weight excluding hydrogens is 344 g/mol. The Balaban J connectivity index is 1.92. The van der Waals surface area contributed by atoms with Crippen LogP contribution in [-0.2, 0) is 0 Å². The highest BCUT2D eigenvalue weighted by molar-refractivity contribution is 5.45. The van der Waals surface area contributed by atoms with E-state index in [1.165, 1.54) is 83.5 Å². The predicted molar refractivity (Wildman–Crippen MR) is 124 cm³/mol. The Labute approximate surface area is 175 Å². The van der Waals surface area contributed by atoms with Gasteiger partial charge in [0.2, 0.25) is 0 Å². The Morgan fingerprint density at radius 2 is 1.25 bits per heavy atom. The van der Waals surface area contributed by atoms with Crippen molar-refractivity contribution in [1.29, 1.82) is 0 Å². The second-order valence-corrected chi connectivity index (χ2v) is 8.22. The number of rotatable bonds is 19. The highest BCUT2D eigenvalue weighted by Crippen LogP contribution is 2.16. The largest absolute Gasteiger partial charge is 0.494 e. The number of ether oxygens (including phenoxy) is 1. The zero-order chi connectivity index (χ0) is 20.3. The van der Waals surface area contributed by atoms with Crippen molar-refractivity contribution < 1.29 is 4.74 Å². The van der Waals surface area contributed by atoms with E-state index in [4.69, 9.17) is 4.74 Å². The first kappa shape index (κ1) is 24.8. The zero-order valence-corrected chi connectivity index (χ0v) is 18.9. The summed E-state index contributed by atoms with van der Waals surface area (Å²) in [5.41, 5.74) is 7.81. The van der Waals surface area contributed by atoms with Gasteiger partial charge >= 0.3 is 0 Å². The van der Waals surface area contributed by atoms with Crippen LogP contribution in [0.3, 0.4) is 0 Å². The van der Waals surface area contributed by atoms with Crippen LogP contribution >= 0.6 is 0 Å². The molecule has 1 atom stereocenters. The molecule has 0 aliphatic rings. The van der Waals surface area contributed by atoms with Gasteiger partial charge in [0.15, 0.2) is 0 Å². The Hall–Kier alpha value is -1.22. The molecule has 0 aliphatic carbocycles. The lowest BCUT2D eigenvalue weighted by Crippen LogP contribution is -2.31. The van der Waals surface area contributed by atoms with Crippen molar-refractivity contribution in [3.8, 4) is 5.75 Å². The first-order chi connectivity index (χ1) is 13.8. The average molecular weight is 391 g/mol. The number of hydrazine groups is 1. The lowest BCUT2D eigenvalue weighted by molar-refractivity contribution is 0.317. The van der Waals surface area contributed by atoms with Gasteiger partial charge in [-0.05, 0) is 44.0 Å². The third-order valence-corrected chi connectivity index (χ3v) is 5.28. The van der Waals surface area contributed by atoms with Crippen LogP contribution in [-0.4, -0.2) is 12.6 Å². The number of anilines is 1. The standard InChI is InChI=1S/C25H46N2O/c1-4-6-7-8-9-10-11-12-13-14-15-16-17-23(3)26-27-24-18-20-25(21-19-24)28-22-5-2/h18-21,23,26-27H,4-17,22H2,1-3H3. The number of unbranched alkanes of at least 4 members (excludes halogenated alkanes) is 11. The lowest BCUT2D eigenvalue weighted by Gasteiger charge is -2.16. The molecule has 2 N–H and O–H groups in total. The molecule has 3 heteroatoms. The van der Waals surface area contributed by atoms with Gasteiger partial charge in [-0.2, -0.15) is 0 Å². The van der Waals surface area contributed by atoms with Gasteiger partial charge in [-0.15, -0.1) is 0 Å². The molecule has 0 heterocycles. The highest BCUT2D eigenvalue weighted by atomic mass is 16.5. The summed E-state index contributed by atoms with van der Waals surface area (Å²) in [7, 11) is 0. The Morgan fingerprint density at radius 1 is 0.714 bits per heavy atom. The Morgan fingerprint density at radius 3 is 1.79 bits per heavy atom. The molecule has 1 rings (SSSR count). The summed E-state index contributed by atoms with van der Waals surface area (Å²) in [4.78, 5) is 0. The molecule has 0 aliphatic heterocycles. The summed E-state index contributed by atoms with van der Waals surface area (Å²) in [6.45, 7) is 7.44. The topological polar surface area (TPSA) is 33.3 Å². The number of benzene rings is 1. The van der Waals surface area contributed by atoms with Crippen molar-refractivity contribution in [2.75, 3.05) is 12.0 Å². The highest BCUT2D eigenvalue weighted by Gasteiger charge is 2.02. The molecular formula is C25H46N2O. The molecule has 0 aromatic heterocycles. The van der Waals surface area contributed by atoms with Gasteiger partial charge in [-0.3, -0.25) is 0 Å². The minimum atomic E-state index is 0.485. The van der Waals surface area contributed by atoms with E-state index in [0.717, 1.165) is 24.5 Å². The maximum absolute atomic E-state index is 5.61. The lowest BCUT2D eigenvalue weighted by atomic mass is 10.0. The molecule has 0 radical (unpaired) electrons. The Bertz CT molecular complexity index is 446. The summed E-state index contributed by atoms with van der Waals surface area (Å²) < 4.78 is 5.61. The van der Waals surface area contributed by atoms with E-state index >= 15 is 0 Å². The van der Waals surface area contributed by atoms with Crippen LogP contribution in [0.15, 0.2) is 24.3 Å². The van der Waals surface area contributed by atoms with E-state index in [1.54, 1.807) is 0 Å². The molecule has 0 amide bonds. The van der Waals surface area contributed by atoms with Gasteiger partial charge in [-0.25, -0.2) is 5.43 Å². The van der Waals surface area contributed by atoms with Gasteiger partial charge in [0.25, 0.3) is 0 Å². The maximum atomic E-state index is 5.61. The van der Waals surface area contributed by atoms with Crippen LogP contribution in [0.2, 0.25) is 0 Å². The van der Waals surface area contributed by atoms with Crippen LogP contribution in [0.1, 0.15) is 111 Å². The second kappa shape index (κ2) is 17.8. The normalized spacial score (nSPS) is 12.1. The Kier molecular flexibility index (Phi) is 15.8. The molecule has 1 unspecified atom stereocenters. The van der Waals surface area contributed by atoms with Gasteiger partial charge in [-0.1, -0.05) is 90.9 Å². The monoisotopic (exact) mass is 390 g/mol. The first-order valence-electron chi connectivity index (χ1n) is 12.0. The quantitative estimate of drug-likeness (QED) is 0.186. The van der Waals surface area contributed by atoms with E-state index in [-0.39, 0.29) is 0 Å². The molecule has 1 aromatic rings. The van der Waals surface area contributed by atoms with Crippen molar-refractivity contribution in [3.05, 3.63) is 24.3 Å². The van der Waals surface area contributed by atoms with E-state index in [0.29, 0.717) is 6.04 Å². The zero-order valence-electron chi connectivity index (χ0n) is 18.9. The maximum Gasteiger partial charge on any atom is 0.119 e. The third kappa shape index (κ3) is 13.9. The summed E-state index contributed by atoms with van der Waals surface area (Å²) in [5, 5.41) is 0. The fourth-order valence-corrected chi connectivity index (χ4v) is 3.42. The van der Waals surface area contributed by atoms with Crippen LogP contribution in [0, 0.1) is 0 Å². The third-order valence-electron chi connectivity index (χ3n) is 5.28. The van der Waals surface area contributed by atoms with Gasteiger partial charge in [0, 0.05) is 11.7 Å². The van der Waals surface area contributed by atoms with E-state index in [2.05, 4.69) is 43.8 Å². The molecule has 0 saturated carbocycles. The number of nitrogens with one attached hydrogen (secondary N) is 2. The van der Waals surface area contributed by atoms with Crippen LogP contribution in [0.25, 0.3) is 0 Å². The SMILES string of the molecule is CCCCCCCCCCCCCCC(C)NNc1ccc(OCCC)cc1. The predicted octanol–water partition coefficient (Wildman–Crippen LogP) is 7.87. The molecule has 162 valence electrons. The summed E-state index contributed by atoms with van der Waals surface area (Å²) in [6, 6.07) is 8.66. The van der Waals surface area contributed by atoms with Crippen LogP contribution in [0.4, 0.5) is 5.69 Å². The first-order valence-corrected chi connectivity index (χ1v) is 12.0. The summed E-state index contributed by atoms with van der Waals surface area (Å²) >= 11 is 0. The molecule has 0 saturated heterocycles. The number of hydrogen-bond acceptors (Lipinski definition) is 3. The second-order valence-electron chi connectivity index (χ2n) is 8.22. The minimum absolute atomic E-state index is 0.485. The fraction of sp³-hybridized carbons (Fsp3) is 0.760. The molecule has 3 nitrogen and oxygen atoms in total. The summed E-state index contributed by atoms with van der Waals surface area (Å²) in [6.07, 6.45) is 19.2. The van der Waals surface area contributed by atoms with Gasteiger partial charge in [0.1, 0.15) is 5.75 Å².